The van der Waals surface area contributed by atoms with Gasteiger partial charge in [-0.25, -0.2) is 4.39 Å². The lowest BCUT2D eigenvalue weighted by Crippen LogP contribution is -2.38. The van der Waals surface area contributed by atoms with Gasteiger partial charge in [-0.05, 0) is 55.0 Å². The normalized spacial score (nSPS) is 16.3. The number of hydrogen-bond acceptors (Lipinski definition) is 3. The molecule has 29 heavy (non-hydrogen) atoms. The summed E-state index contributed by atoms with van der Waals surface area (Å²) in [6.07, 6.45) is 1.67. The maximum absolute atomic E-state index is 14.2. The van der Waals surface area contributed by atoms with E-state index in [0.29, 0.717) is 18.7 Å². The first kappa shape index (κ1) is 19.3. The predicted molar refractivity (Wildman–Crippen MR) is 109 cm³/mol. The summed E-state index contributed by atoms with van der Waals surface area (Å²) in [5.41, 5.74) is 2.02. The molecule has 0 unspecified atom stereocenters. The first-order valence-corrected chi connectivity index (χ1v) is 9.79. The highest BCUT2D eigenvalue weighted by molar-refractivity contribution is 5.94. The fourth-order valence-electron chi connectivity index (χ4n) is 3.74. The Morgan fingerprint density at radius 2 is 2.07 bits per heavy atom. The molecule has 0 aliphatic carbocycles. The molecule has 1 fully saturated rings. The number of benzene rings is 2. The van der Waals surface area contributed by atoms with Crippen molar-refractivity contribution in [2.45, 2.75) is 32.4 Å². The zero-order valence-corrected chi connectivity index (χ0v) is 16.3. The minimum Gasteiger partial charge on any atom is -0.376 e. The number of amides is 1. The first-order chi connectivity index (χ1) is 14.0. The highest BCUT2D eigenvalue weighted by Gasteiger charge is 2.26. The molecule has 1 aromatic heterocycles. The van der Waals surface area contributed by atoms with E-state index in [1.54, 1.807) is 18.2 Å². The molecule has 0 bridgehead atoms. The number of H-pyrrole nitrogens is 1. The molecule has 5 nitrogen and oxygen atoms in total. The number of rotatable bonds is 5. The van der Waals surface area contributed by atoms with Gasteiger partial charge in [0, 0.05) is 24.2 Å². The van der Waals surface area contributed by atoms with Crippen LogP contribution in [0, 0.1) is 12.7 Å². The fourth-order valence-corrected chi connectivity index (χ4v) is 3.74. The van der Waals surface area contributed by atoms with Crippen LogP contribution in [0.15, 0.2) is 53.3 Å². The number of nitrogens with zero attached hydrogens (tertiary/aromatic N) is 1. The molecule has 3 aromatic rings. The molecule has 0 radical (unpaired) electrons. The number of aromatic amines is 1. The number of carbonyl (C=O) groups excluding carboxylic acids is 1. The Hall–Kier alpha value is -2.99. The Morgan fingerprint density at radius 1 is 1.24 bits per heavy atom. The van der Waals surface area contributed by atoms with Crippen LogP contribution in [0.25, 0.3) is 10.9 Å². The Kier molecular flexibility index (Phi) is 5.45. The minimum atomic E-state index is -0.572. The molecule has 1 saturated heterocycles. The maximum Gasteiger partial charge on any atom is 0.257 e. The van der Waals surface area contributed by atoms with Gasteiger partial charge in [0.2, 0.25) is 0 Å². The van der Waals surface area contributed by atoms with Crippen molar-refractivity contribution in [2.24, 2.45) is 0 Å². The summed E-state index contributed by atoms with van der Waals surface area (Å²) in [5, 5.41) is 0.889. The van der Waals surface area contributed by atoms with Crippen molar-refractivity contribution in [3.63, 3.8) is 0 Å². The van der Waals surface area contributed by atoms with Crippen LogP contribution in [0.5, 0.6) is 0 Å². The lowest BCUT2D eigenvalue weighted by molar-refractivity contribution is 0.0503. The van der Waals surface area contributed by atoms with E-state index in [9.17, 15) is 14.0 Å². The zero-order chi connectivity index (χ0) is 20.4. The molecule has 1 aliphatic rings. The van der Waals surface area contributed by atoms with Crippen molar-refractivity contribution in [3.8, 4) is 0 Å². The topological polar surface area (TPSA) is 62.4 Å². The Labute approximate surface area is 168 Å². The van der Waals surface area contributed by atoms with Crippen molar-refractivity contribution in [1.29, 1.82) is 0 Å². The van der Waals surface area contributed by atoms with Crippen LogP contribution in [0.3, 0.4) is 0 Å². The molecule has 6 heteroatoms. The van der Waals surface area contributed by atoms with Crippen LogP contribution in [0.1, 0.15) is 34.3 Å². The summed E-state index contributed by atoms with van der Waals surface area (Å²) in [5.74, 6) is -1.01. The van der Waals surface area contributed by atoms with Gasteiger partial charge < -0.3 is 14.6 Å². The molecular weight excluding hydrogens is 371 g/mol. The van der Waals surface area contributed by atoms with Crippen LogP contribution in [-0.2, 0) is 11.3 Å². The van der Waals surface area contributed by atoms with Crippen LogP contribution in [-0.4, -0.2) is 35.0 Å². The number of pyridine rings is 1. The van der Waals surface area contributed by atoms with Crippen molar-refractivity contribution < 1.29 is 13.9 Å². The number of carbonyl (C=O) groups is 1. The van der Waals surface area contributed by atoms with Gasteiger partial charge in [0.15, 0.2) is 0 Å². The molecule has 150 valence electrons. The second kappa shape index (κ2) is 8.17. The molecular formula is C23H23FN2O3. The van der Waals surface area contributed by atoms with Crippen LogP contribution in [0.4, 0.5) is 4.39 Å². The number of halogens is 1. The molecule has 1 atom stereocenters. The average molecular weight is 394 g/mol. The Bertz CT molecular complexity index is 1100. The van der Waals surface area contributed by atoms with Gasteiger partial charge in [0.05, 0.1) is 18.2 Å². The van der Waals surface area contributed by atoms with Crippen molar-refractivity contribution in [1.82, 2.24) is 9.88 Å². The highest BCUT2D eigenvalue weighted by Crippen LogP contribution is 2.19. The SMILES string of the molecule is Cc1ccc2cc(CN(C[C@H]3CCCO3)C(=O)c3ccccc3F)c(=O)[nH]c2c1. The Balaban J connectivity index is 1.68. The largest absolute Gasteiger partial charge is 0.376 e. The van der Waals surface area contributed by atoms with E-state index in [0.717, 1.165) is 29.3 Å². The molecule has 1 amide bonds. The van der Waals surface area contributed by atoms with Gasteiger partial charge in [0.25, 0.3) is 11.5 Å². The van der Waals surface area contributed by atoms with Crippen molar-refractivity contribution in [2.75, 3.05) is 13.2 Å². The average Bonchev–Trinajstić information content (AvgIpc) is 3.21. The number of nitrogens with one attached hydrogen (secondary N) is 1. The van der Waals surface area contributed by atoms with Gasteiger partial charge in [-0.15, -0.1) is 0 Å². The number of ether oxygens (including phenoxy) is 1. The molecule has 1 aliphatic heterocycles. The van der Waals surface area contributed by atoms with E-state index in [1.165, 1.54) is 17.0 Å². The summed E-state index contributed by atoms with van der Waals surface area (Å²) in [6.45, 7) is 3.02. The molecule has 4 rings (SSSR count). The van der Waals surface area contributed by atoms with Crippen molar-refractivity contribution >= 4 is 16.8 Å². The van der Waals surface area contributed by atoms with Gasteiger partial charge >= 0.3 is 0 Å². The number of fused-ring (bicyclic) bond motifs is 1. The van der Waals surface area contributed by atoms with E-state index >= 15 is 0 Å². The second-order valence-electron chi connectivity index (χ2n) is 7.51. The lowest BCUT2D eigenvalue weighted by atomic mass is 10.1. The minimum absolute atomic E-state index is 0.00154. The van der Waals surface area contributed by atoms with E-state index in [4.69, 9.17) is 4.74 Å². The smallest absolute Gasteiger partial charge is 0.257 e. The van der Waals surface area contributed by atoms with Gasteiger partial charge in [-0.1, -0.05) is 24.3 Å². The highest BCUT2D eigenvalue weighted by atomic mass is 19.1. The van der Waals surface area contributed by atoms with E-state index in [1.807, 2.05) is 25.1 Å². The predicted octanol–water partition coefficient (Wildman–Crippen LogP) is 3.80. The molecule has 0 spiro atoms. The van der Waals surface area contributed by atoms with Crippen LogP contribution < -0.4 is 5.56 Å². The third-order valence-corrected chi connectivity index (χ3v) is 5.28. The third-order valence-electron chi connectivity index (χ3n) is 5.28. The molecule has 0 saturated carbocycles. The number of aryl methyl sites for hydroxylation is 1. The Morgan fingerprint density at radius 3 is 2.83 bits per heavy atom. The fraction of sp³-hybridized carbons (Fsp3) is 0.304. The second-order valence-corrected chi connectivity index (χ2v) is 7.51. The molecule has 1 N–H and O–H groups in total. The number of hydrogen-bond donors (Lipinski definition) is 1. The summed E-state index contributed by atoms with van der Waals surface area (Å²) in [4.78, 5) is 30.1. The van der Waals surface area contributed by atoms with E-state index < -0.39 is 11.7 Å². The summed E-state index contributed by atoms with van der Waals surface area (Å²) in [6, 6.07) is 13.5. The lowest BCUT2D eigenvalue weighted by Gasteiger charge is -2.25. The first-order valence-electron chi connectivity index (χ1n) is 9.79. The summed E-state index contributed by atoms with van der Waals surface area (Å²) < 4.78 is 19.9. The maximum atomic E-state index is 14.2. The van der Waals surface area contributed by atoms with E-state index in [2.05, 4.69) is 4.98 Å². The zero-order valence-electron chi connectivity index (χ0n) is 16.3. The standard InChI is InChI=1S/C23H23FN2O3/c1-15-8-9-16-12-17(22(27)25-21(16)11-15)13-26(14-18-5-4-10-29-18)23(28)19-6-2-3-7-20(19)24/h2-3,6-9,11-12,18H,4-5,10,13-14H2,1H3,(H,25,27)/t18-/m1/s1. The van der Waals surface area contributed by atoms with Crippen LogP contribution in [0.2, 0.25) is 0 Å². The van der Waals surface area contributed by atoms with E-state index in [-0.39, 0.29) is 23.8 Å². The monoisotopic (exact) mass is 394 g/mol. The van der Waals surface area contributed by atoms with Crippen LogP contribution >= 0.6 is 0 Å². The van der Waals surface area contributed by atoms with Crippen molar-refractivity contribution in [3.05, 3.63) is 81.4 Å². The molecule has 2 aromatic carbocycles. The quantitative estimate of drug-likeness (QED) is 0.716. The number of aromatic nitrogens is 1. The van der Waals surface area contributed by atoms with Gasteiger partial charge in [-0.2, -0.15) is 0 Å². The third kappa shape index (κ3) is 4.22. The van der Waals surface area contributed by atoms with Gasteiger partial charge in [0.1, 0.15) is 5.82 Å². The molecule has 2 heterocycles. The van der Waals surface area contributed by atoms with Gasteiger partial charge in [-0.3, -0.25) is 9.59 Å². The summed E-state index contributed by atoms with van der Waals surface area (Å²) in [7, 11) is 0. The summed E-state index contributed by atoms with van der Waals surface area (Å²) >= 11 is 0.